The van der Waals surface area contributed by atoms with Gasteiger partial charge in [0.2, 0.25) is 0 Å². The Bertz CT molecular complexity index is 1930. The number of nitriles is 1. The maximum Gasteiger partial charge on any atom is 0.416 e. The van der Waals surface area contributed by atoms with Crippen LogP contribution in [0.25, 0.3) is 22.0 Å². The van der Waals surface area contributed by atoms with E-state index in [-0.39, 0.29) is 24.1 Å². The van der Waals surface area contributed by atoms with Crippen LogP contribution in [-0.2, 0) is 19.1 Å². The molecule has 0 spiro atoms. The zero-order valence-electron chi connectivity index (χ0n) is 23.4. The van der Waals surface area contributed by atoms with Crippen LogP contribution in [0.15, 0.2) is 91.1 Å². The lowest BCUT2D eigenvalue weighted by molar-refractivity contribution is -0.137. The van der Waals surface area contributed by atoms with Gasteiger partial charge in [0.25, 0.3) is 5.91 Å². The van der Waals surface area contributed by atoms with Crippen LogP contribution in [0.1, 0.15) is 67.4 Å². The van der Waals surface area contributed by atoms with Crippen molar-refractivity contribution in [2.24, 2.45) is 0 Å². The summed E-state index contributed by atoms with van der Waals surface area (Å²) in [7, 11) is 0. The van der Waals surface area contributed by atoms with E-state index in [2.05, 4.69) is 16.0 Å². The summed E-state index contributed by atoms with van der Waals surface area (Å²) in [4.78, 5) is 25.1. The lowest BCUT2D eigenvalue weighted by atomic mass is 9.95. The molecular weight excluding hydrogens is 567 g/mol. The number of hydrogen-bond donors (Lipinski definition) is 2. The molecule has 0 atom stereocenters. The zero-order chi connectivity index (χ0) is 31.0. The van der Waals surface area contributed by atoms with Crippen LogP contribution >= 0.6 is 0 Å². The number of fused-ring (bicyclic) bond motifs is 1. The fourth-order valence-corrected chi connectivity index (χ4v) is 5.45. The Labute approximate surface area is 251 Å². The summed E-state index contributed by atoms with van der Waals surface area (Å²) in [5.74, 6) is -1.39. The maximum absolute atomic E-state index is 13.9. The first-order valence-corrected chi connectivity index (χ1v) is 14.1. The third-order valence-corrected chi connectivity index (χ3v) is 7.85. The number of amides is 1. The lowest BCUT2D eigenvalue weighted by Crippen LogP contribution is -2.23. The molecule has 1 fully saturated rings. The van der Waals surface area contributed by atoms with E-state index in [0.29, 0.717) is 23.1 Å². The van der Waals surface area contributed by atoms with Crippen molar-refractivity contribution in [1.29, 1.82) is 5.26 Å². The molecule has 1 amide bonds. The number of carbonyl (C=O) groups is 2. The first kappa shape index (κ1) is 28.7. The van der Waals surface area contributed by atoms with E-state index in [1.54, 1.807) is 36.4 Å². The highest BCUT2D eigenvalue weighted by Crippen LogP contribution is 2.42. The van der Waals surface area contributed by atoms with Crippen molar-refractivity contribution in [2.75, 3.05) is 0 Å². The first-order valence-electron chi connectivity index (χ1n) is 14.1. The van der Waals surface area contributed by atoms with Gasteiger partial charge in [-0.3, -0.25) is 4.79 Å². The first-order chi connectivity index (χ1) is 21.1. The van der Waals surface area contributed by atoms with Gasteiger partial charge in [0.1, 0.15) is 0 Å². The second-order valence-corrected chi connectivity index (χ2v) is 11.0. The van der Waals surface area contributed by atoms with E-state index in [0.717, 1.165) is 58.1 Å². The van der Waals surface area contributed by atoms with Gasteiger partial charge in [-0.05, 0) is 95.6 Å². The third kappa shape index (κ3) is 5.92. The number of rotatable bonds is 8. The molecule has 1 aromatic heterocycles. The lowest BCUT2D eigenvalue weighted by Gasteiger charge is -2.13. The third-order valence-electron chi connectivity index (χ3n) is 7.85. The average molecular weight is 594 g/mol. The highest BCUT2D eigenvalue weighted by Gasteiger charge is 2.31. The minimum atomic E-state index is -4.43. The quantitative estimate of drug-likeness (QED) is 0.192. The van der Waals surface area contributed by atoms with Gasteiger partial charge in [-0.1, -0.05) is 36.4 Å². The van der Waals surface area contributed by atoms with E-state index in [4.69, 9.17) is 0 Å². The molecule has 2 N–H and O–H groups in total. The van der Waals surface area contributed by atoms with Crippen molar-refractivity contribution in [3.05, 3.63) is 130 Å². The van der Waals surface area contributed by atoms with Gasteiger partial charge in [-0.25, -0.2) is 4.79 Å². The summed E-state index contributed by atoms with van der Waals surface area (Å²) in [6, 6.07) is 24.6. The van der Waals surface area contributed by atoms with E-state index in [1.807, 2.05) is 18.3 Å². The highest BCUT2D eigenvalue weighted by molar-refractivity contribution is 6.09. The van der Waals surface area contributed by atoms with Crippen molar-refractivity contribution < 1.29 is 27.9 Å². The van der Waals surface area contributed by atoms with Crippen LogP contribution in [0.5, 0.6) is 0 Å². The molecule has 220 valence electrons. The van der Waals surface area contributed by atoms with Crippen molar-refractivity contribution in [1.82, 2.24) is 9.88 Å². The molecule has 1 aliphatic carbocycles. The average Bonchev–Trinajstić information content (AvgIpc) is 3.81. The Hall–Kier alpha value is -5.36. The molecule has 0 unspecified atom stereocenters. The topological polar surface area (TPSA) is 95.1 Å². The summed E-state index contributed by atoms with van der Waals surface area (Å²) >= 11 is 0. The standard InChI is InChI=1S/C35H26F3N3O3/c36-35(37,38)28-10-6-21(7-11-28)14-27-20-41(29-12-13-29)31-17-26(25-3-1-2-23(15-25)18-39)16-30(32(27)31)33(42)40-19-22-4-8-24(9-5-22)34(43)44/h1-11,15-17,20,29H,12-14,19H2,(H,40,42)(H,43,44). The van der Waals surface area contributed by atoms with E-state index >= 15 is 0 Å². The molecule has 4 aromatic carbocycles. The van der Waals surface area contributed by atoms with E-state index < -0.39 is 17.7 Å². The minimum Gasteiger partial charge on any atom is -0.478 e. The van der Waals surface area contributed by atoms with Crippen LogP contribution in [0, 0.1) is 11.3 Å². The highest BCUT2D eigenvalue weighted by atomic mass is 19.4. The second-order valence-electron chi connectivity index (χ2n) is 11.0. The van der Waals surface area contributed by atoms with Crippen LogP contribution in [0.2, 0.25) is 0 Å². The van der Waals surface area contributed by atoms with Gasteiger partial charge >= 0.3 is 12.1 Å². The molecule has 0 bridgehead atoms. The summed E-state index contributed by atoms with van der Waals surface area (Å²) in [5.41, 5.74) is 4.91. The Morgan fingerprint density at radius 3 is 2.27 bits per heavy atom. The number of nitrogens with zero attached hydrogens (tertiary/aromatic N) is 2. The molecule has 44 heavy (non-hydrogen) atoms. The van der Waals surface area contributed by atoms with E-state index in [1.165, 1.54) is 24.3 Å². The fraction of sp³-hybridized carbons (Fsp3) is 0.171. The van der Waals surface area contributed by atoms with Gasteiger partial charge in [0.05, 0.1) is 22.8 Å². The van der Waals surface area contributed by atoms with Crippen LogP contribution in [0.3, 0.4) is 0 Å². The number of carboxylic acids is 1. The largest absolute Gasteiger partial charge is 0.478 e. The van der Waals surface area contributed by atoms with Gasteiger partial charge in [0.15, 0.2) is 0 Å². The van der Waals surface area contributed by atoms with Crippen molar-refractivity contribution in [2.45, 2.75) is 38.0 Å². The summed E-state index contributed by atoms with van der Waals surface area (Å²) in [5, 5.41) is 22.3. The summed E-state index contributed by atoms with van der Waals surface area (Å²) in [6.07, 6.45) is -0.151. The Morgan fingerprint density at radius 2 is 1.64 bits per heavy atom. The second kappa shape index (κ2) is 11.4. The molecule has 0 radical (unpaired) electrons. The van der Waals surface area contributed by atoms with Gasteiger partial charge in [-0.15, -0.1) is 0 Å². The van der Waals surface area contributed by atoms with Crippen LogP contribution in [0.4, 0.5) is 13.2 Å². The number of carboxylic acid groups (broad SMARTS) is 1. The van der Waals surface area contributed by atoms with Crippen LogP contribution in [-0.4, -0.2) is 21.6 Å². The number of hydrogen-bond acceptors (Lipinski definition) is 3. The number of nitrogens with one attached hydrogen (secondary N) is 1. The fourth-order valence-electron chi connectivity index (χ4n) is 5.45. The van der Waals surface area contributed by atoms with Crippen molar-refractivity contribution in [3.63, 3.8) is 0 Å². The minimum absolute atomic E-state index is 0.142. The van der Waals surface area contributed by atoms with Crippen molar-refractivity contribution >= 4 is 22.8 Å². The van der Waals surface area contributed by atoms with Gasteiger partial charge < -0.3 is 15.0 Å². The number of aromatic nitrogens is 1. The monoisotopic (exact) mass is 593 g/mol. The molecule has 0 saturated heterocycles. The normalized spacial score (nSPS) is 13.0. The van der Waals surface area contributed by atoms with Crippen LogP contribution < -0.4 is 5.32 Å². The predicted octanol–water partition coefficient (Wildman–Crippen LogP) is 7.75. The maximum atomic E-state index is 13.9. The number of aromatic carboxylic acids is 1. The Balaban J connectivity index is 1.43. The molecule has 6 nitrogen and oxygen atoms in total. The molecule has 1 aliphatic rings. The number of benzene rings is 4. The number of halogens is 3. The molecule has 1 heterocycles. The molecular formula is C35H26F3N3O3. The van der Waals surface area contributed by atoms with Gasteiger partial charge in [-0.2, -0.15) is 18.4 Å². The van der Waals surface area contributed by atoms with Gasteiger partial charge in [0, 0.05) is 35.2 Å². The Kier molecular flexibility index (Phi) is 7.43. The number of carbonyl (C=O) groups excluding carboxylic acids is 1. The SMILES string of the molecule is N#Cc1cccc(-c2cc(C(=O)NCc3ccc(C(=O)O)cc3)c3c(Cc4ccc(C(F)(F)F)cc4)cn(C4CC4)c3c2)c1. The molecule has 5 aromatic rings. The molecule has 9 heteroatoms. The molecule has 1 saturated carbocycles. The summed E-state index contributed by atoms with van der Waals surface area (Å²) < 4.78 is 41.7. The smallest absolute Gasteiger partial charge is 0.416 e. The number of alkyl halides is 3. The zero-order valence-corrected chi connectivity index (χ0v) is 23.4. The molecule has 0 aliphatic heterocycles. The molecule has 6 rings (SSSR count). The Morgan fingerprint density at radius 1 is 0.932 bits per heavy atom. The van der Waals surface area contributed by atoms with Crippen molar-refractivity contribution in [3.8, 4) is 17.2 Å². The predicted molar refractivity (Wildman–Crippen MR) is 159 cm³/mol. The summed E-state index contributed by atoms with van der Waals surface area (Å²) in [6.45, 7) is 0.159. The van der Waals surface area contributed by atoms with E-state index in [9.17, 15) is 33.1 Å².